The molecular weight excluding hydrogens is 307 g/mol. The molecule has 2 heterocycles. The van der Waals surface area contributed by atoms with Crippen LogP contribution in [0.3, 0.4) is 0 Å². The topological polar surface area (TPSA) is 47.0 Å². The Morgan fingerprint density at radius 1 is 1.22 bits per heavy atom. The molecule has 0 unspecified atom stereocenters. The summed E-state index contributed by atoms with van der Waals surface area (Å²) in [7, 11) is 0. The van der Waals surface area contributed by atoms with Gasteiger partial charge >= 0.3 is 6.18 Å². The number of benzene rings is 1. The molecular formula is C16H16F3N3O. The van der Waals surface area contributed by atoms with Crippen LogP contribution in [0, 0.1) is 0 Å². The lowest BCUT2D eigenvalue weighted by Crippen LogP contribution is -2.12. The first-order valence-corrected chi connectivity index (χ1v) is 7.32. The Balaban J connectivity index is 1.73. The number of rotatable bonds is 4. The fourth-order valence-corrected chi connectivity index (χ4v) is 2.60. The second-order valence-corrected chi connectivity index (χ2v) is 5.40. The van der Waals surface area contributed by atoms with Crippen molar-refractivity contribution < 1.29 is 17.9 Å². The number of halogens is 3. The fraction of sp³-hybridized carbons (Fsp3) is 0.375. The number of anilines is 1. The van der Waals surface area contributed by atoms with Gasteiger partial charge in [-0.15, -0.1) is 0 Å². The summed E-state index contributed by atoms with van der Waals surface area (Å²) in [4.78, 5) is 8.30. The van der Waals surface area contributed by atoms with E-state index >= 15 is 0 Å². The molecule has 1 saturated heterocycles. The number of alkyl halides is 3. The molecule has 3 rings (SSSR count). The maximum absolute atomic E-state index is 13.0. The third kappa shape index (κ3) is 3.79. The van der Waals surface area contributed by atoms with Gasteiger partial charge in [0.1, 0.15) is 12.1 Å². The Hall–Kier alpha value is -2.15. The van der Waals surface area contributed by atoms with Gasteiger partial charge in [-0.3, -0.25) is 0 Å². The Morgan fingerprint density at radius 3 is 2.78 bits per heavy atom. The van der Waals surface area contributed by atoms with E-state index < -0.39 is 11.7 Å². The van der Waals surface area contributed by atoms with Crippen LogP contribution in [-0.2, 0) is 17.5 Å². The largest absolute Gasteiger partial charge is 0.416 e. The third-order valence-electron chi connectivity index (χ3n) is 3.82. The van der Waals surface area contributed by atoms with Crippen molar-refractivity contribution in [2.75, 3.05) is 18.5 Å². The van der Waals surface area contributed by atoms with Gasteiger partial charge in [-0.2, -0.15) is 13.2 Å². The van der Waals surface area contributed by atoms with Gasteiger partial charge in [-0.05, 0) is 18.1 Å². The van der Waals surface area contributed by atoms with Gasteiger partial charge in [0.15, 0.2) is 0 Å². The van der Waals surface area contributed by atoms with Gasteiger partial charge in [0.25, 0.3) is 0 Å². The maximum Gasteiger partial charge on any atom is 0.416 e. The average Bonchev–Trinajstić information content (AvgIpc) is 3.07. The Morgan fingerprint density at radius 2 is 2.04 bits per heavy atom. The van der Waals surface area contributed by atoms with Crippen LogP contribution < -0.4 is 5.32 Å². The zero-order valence-electron chi connectivity index (χ0n) is 12.3. The summed E-state index contributed by atoms with van der Waals surface area (Å²) < 4.78 is 44.3. The van der Waals surface area contributed by atoms with Crippen molar-refractivity contribution in [2.45, 2.75) is 25.1 Å². The first kappa shape index (κ1) is 15.7. The van der Waals surface area contributed by atoms with Crippen molar-refractivity contribution in [3.05, 3.63) is 53.5 Å². The van der Waals surface area contributed by atoms with Crippen LogP contribution in [0.5, 0.6) is 0 Å². The lowest BCUT2D eigenvalue weighted by atomic mass is 10.0. The summed E-state index contributed by atoms with van der Waals surface area (Å²) in [6, 6.07) is 7.29. The highest BCUT2D eigenvalue weighted by Crippen LogP contribution is 2.32. The minimum absolute atomic E-state index is 0.0489. The van der Waals surface area contributed by atoms with Crippen molar-refractivity contribution in [1.29, 1.82) is 0 Å². The Kier molecular flexibility index (Phi) is 4.47. The molecule has 1 aromatic carbocycles. The fourth-order valence-electron chi connectivity index (χ4n) is 2.60. The van der Waals surface area contributed by atoms with Gasteiger partial charge in [0, 0.05) is 25.1 Å². The zero-order valence-corrected chi connectivity index (χ0v) is 12.3. The van der Waals surface area contributed by atoms with Crippen LogP contribution in [0.25, 0.3) is 0 Å². The van der Waals surface area contributed by atoms with Gasteiger partial charge < -0.3 is 10.1 Å². The molecule has 1 fully saturated rings. The van der Waals surface area contributed by atoms with Crippen LogP contribution in [0.4, 0.5) is 19.0 Å². The molecule has 1 aliphatic heterocycles. The van der Waals surface area contributed by atoms with E-state index in [0.717, 1.165) is 18.2 Å². The monoisotopic (exact) mass is 323 g/mol. The highest BCUT2D eigenvalue weighted by molar-refractivity contribution is 5.39. The molecule has 4 nitrogen and oxygen atoms in total. The molecule has 1 atom stereocenters. The molecule has 0 aliphatic carbocycles. The lowest BCUT2D eigenvalue weighted by Gasteiger charge is -2.14. The van der Waals surface area contributed by atoms with E-state index in [-0.39, 0.29) is 18.0 Å². The zero-order chi connectivity index (χ0) is 16.3. The van der Waals surface area contributed by atoms with E-state index in [2.05, 4.69) is 15.3 Å². The predicted molar refractivity (Wildman–Crippen MR) is 79.0 cm³/mol. The van der Waals surface area contributed by atoms with Gasteiger partial charge in [-0.25, -0.2) is 9.97 Å². The molecule has 0 spiro atoms. The molecule has 1 aliphatic rings. The van der Waals surface area contributed by atoms with Gasteiger partial charge in [-0.1, -0.05) is 18.2 Å². The van der Waals surface area contributed by atoms with Crippen molar-refractivity contribution >= 4 is 5.82 Å². The molecule has 0 saturated carbocycles. The number of ether oxygens (including phenoxy) is 1. The summed E-state index contributed by atoms with van der Waals surface area (Å²) in [5.74, 6) is 0.736. The van der Waals surface area contributed by atoms with Crippen molar-refractivity contribution in [3.8, 4) is 0 Å². The van der Waals surface area contributed by atoms with Crippen LogP contribution >= 0.6 is 0 Å². The Labute approximate surface area is 131 Å². The molecule has 1 N–H and O–H groups in total. The smallest absolute Gasteiger partial charge is 0.381 e. The summed E-state index contributed by atoms with van der Waals surface area (Å²) in [5, 5.41) is 2.95. The highest BCUT2D eigenvalue weighted by Gasteiger charge is 2.32. The molecule has 1 aromatic heterocycles. The van der Waals surface area contributed by atoms with Crippen LogP contribution in [-0.4, -0.2) is 23.2 Å². The number of hydrogen-bond donors (Lipinski definition) is 1. The highest BCUT2D eigenvalue weighted by atomic mass is 19.4. The molecule has 23 heavy (non-hydrogen) atoms. The van der Waals surface area contributed by atoms with E-state index in [1.165, 1.54) is 18.5 Å². The number of hydrogen-bond acceptors (Lipinski definition) is 4. The minimum Gasteiger partial charge on any atom is -0.381 e. The van der Waals surface area contributed by atoms with Crippen LogP contribution in [0.2, 0.25) is 0 Å². The molecule has 0 amide bonds. The van der Waals surface area contributed by atoms with Crippen LogP contribution in [0.1, 0.15) is 29.2 Å². The predicted octanol–water partition coefficient (Wildman–Crippen LogP) is 3.61. The van der Waals surface area contributed by atoms with Gasteiger partial charge in [0.2, 0.25) is 0 Å². The second-order valence-electron chi connectivity index (χ2n) is 5.40. The van der Waals surface area contributed by atoms with Crippen molar-refractivity contribution in [1.82, 2.24) is 9.97 Å². The number of nitrogens with zero attached hydrogens (tertiary/aromatic N) is 2. The molecule has 7 heteroatoms. The van der Waals surface area contributed by atoms with E-state index in [0.29, 0.717) is 19.0 Å². The molecule has 0 radical (unpaired) electrons. The van der Waals surface area contributed by atoms with Crippen molar-refractivity contribution in [2.24, 2.45) is 0 Å². The third-order valence-corrected chi connectivity index (χ3v) is 3.82. The van der Waals surface area contributed by atoms with E-state index in [4.69, 9.17) is 4.74 Å². The first-order valence-electron chi connectivity index (χ1n) is 7.32. The number of nitrogens with one attached hydrogen (secondary N) is 1. The summed E-state index contributed by atoms with van der Waals surface area (Å²) in [6.45, 7) is 1.37. The first-order chi connectivity index (χ1) is 11.0. The lowest BCUT2D eigenvalue weighted by molar-refractivity contribution is -0.138. The van der Waals surface area contributed by atoms with E-state index in [1.807, 2.05) is 0 Å². The molecule has 122 valence electrons. The standard InChI is InChI=1S/C16H16F3N3O/c17-16(18,19)13-4-2-1-3-11(13)8-20-15-7-14(21-10-22-15)12-5-6-23-9-12/h1-4,7,10,12H,5-6,8-9H2,(H,20,21,22)/t12-/m1/s1. The van der Waals surface area contributed by atoms with E-state index in [9.17, 15) is 13.2 Å². The van der Waals surface area contributed by atoms with E-state index in [1.54, 1.807) is 12.1 Å². The number of aromatic nitrogens is 2. The Bertz CT molecular complexity index is 670. The quantitative estimate of drug-likeness (QED) is 0.934. The second kappa shape index (κ2) is 6.54. The van der Waals surface area contributed by atoms with Crippen molar-refractivity contribution in [3.63, 3.8) is 0 Å². The molecule has 0 bridgehead atoms. The summed E-state index contributed by atoms with van der Waals surface area (Å²) >= 11 is 0. The maximum atomic E-state index is 13.0. The normalized spacial score (nSPS) is 18.1. The summed E-state index contributed by atoms with van der Waals surface area (Å²) in [5.41, 5.74) is 0.402. The summed E-state index contributed by atoms with van der Waals surface area (Å²) in [6.07, 6.45) is -2.05. The SMILES string of the molecule is FC(F)(F)c1ccccc1CNc1cc([C@@H]2CCOC2)ncn1. The molecule has 2 aromatic rings. The average molecular weight is 323 g/mol. The van der Waals surface area contributed by atoms with Crippen LogP contribution in [0.15, 0.2) is 36.7 Å². The minimum atomic E-state index is -4.36. The van der Waals surface area contributed by atoms with Gasteiger partial charge in [0.05, 0.1) is 17.9 Å².